The van der Waals surface area contributed by atoms with E-state index in [-0.39, 0.29) is 5.91 Å². The molecule has 1 aliphatic heterocycles. The fourth-order valence-corrected chi connectivity index (χ4v) is 2.96. The van der Waals surface area contributed by atoms with E-state index in [1.807, 2.05) is 42.2 Å². The predicted octanol–water partition coefficient (Wildman–Crippen LogP) is 2.84. The van der Waals surface area contributed by atoms with Crippen molar-refractivity contribution in [1.29, 1.82) is 0 Å². The summed E-state index contributed by atoms with van der Waals surface area (Å²) in [5.74, 6) is 1.48. The number of ether oxygens (including phenoxy) is 1. The van der Waals surface area contributed by atoms with E-state index < -0.39 is 0 Å². The van der Waals surface area contributed by atoms with Gasteiger partial charge in [-0.15, -0.1) is 10.2 Å². The van der Waals surface area contributed by atoms with Gasteiger partial charge in [-0.2, -0.15) is 0 Å². The Kier molecular flexibility index (Phi) is 5.71. The van der Waals surface area contributed by atoms with Gasteiger partial charge in [-0.25, -0.2) is 0 Å². The van der Waals surface area contributed by atoms with E-state index >= 15 is 0 Å². The predicted molar refractivity (Wildman–Crippen MR) is 102 cm³/mol. The Hall–Kier alpha value is -2.63. The molecule has 1 fully saturated rings. The van der Waals surface area contributed by atoms with Gasteiger partial charge in [0.05, 0.1) is 6.61 Å². The molecule has 26 heavy (non-hydrogen) atoms. The van der Waals surface area contributed by atoms with Crippen molar-refractivity contribution in [3.05, 3.63) is 47.0 Å². The maximum absolute atomic E-state index is 12.7. The zero-order valence-electron chi connectivity index (χ0n) is 15.7. The second kappa shape index (κ2) is 8.17. The Labute approximate surface area is 154 Å². The number of anilines is 1. The lowest BCUT2D eigenvalue weighted by atomic mass is 10.1. The summed E-state index contributed by atoms with van der Waals surface area (Å²) in [7, 11) is 0. The standard InChI is InChI=1S/C20H26N4O2/c1-4-13-26-19-8-7-18(21-22-19)23-9-11-24(12-10-23)20(25)17-6-5-15(2)16(3)14-17/h5-8,14H,4,9-13H2,1-3H3. The molecule has 3 rings (SSSR count). The fraction of sp³-hybridized carbons (Fsp3) is 0.450. The molecule has 2 aromatic rings. The zero-order chi connectivity index (χ0) is 18.5. The molecule has 0 spiro atoms. The molecular formula is C20H26N4O2. The lowest BCUT2D eigenvalue weighted by Gasteiger charge is -2.35. The minimum absolute atomic E-state index is 0.0992. The number of carbonyl (C=O) groups is 1. The fourth-order valence-electron chi connectivity index (χ4n) is 2.96. The number of amides is 1. The Balaban J connectivity index is 1.58. The first-order valence-electron chi connectivity index (χ1n) is 9.16. The van der Waals surface area contributed by atoms with E-state index in [4.69, 9.17) is 4.74 Å². The van der Waals surface area contributed by atoms with Gasteiger partial charge < -0.3 is 14.5 Å². The highest BCUT2D eigenvalue weighted by Gasteiger charge is 2.23. The van der Waals surface area contributed by atoms with Gasteiger partial charge in [0.1, 0.15) is 0 Å². The highest BCUT2D eigenvalue weighted by molar-refractivity contribution is 5.94. The Morgan fingerprint density at radius 3 is 2.42 bits per heavy atom. The van der Waals surface area contributed by atoms with E-state index in [0.717, 1.165) is 36.5 Å². The smallest absolute Gasteiger partial charge is 0.253 e. The first kappa shape index (κ1) is 18.2. The minimum Gasteiger partial charge on any atom is -0.477 e. The van der Waals surface area contributed by atoms with Crippen LogP contribution in [0, 0.1) is 13.8 Å². The summed E-state index contributed by atoms with van der Waals surface area (Å²) in [6.07, 6.45) is 0.944. The molecule has 1 aliphatic rings. The van der Waals surface area contributed by atoms with Gasteiger partial charge in [-0.3, -0.25) is 4.79 Å². The van der Waals surface area contributed by atoms with Crippen LogP contribution in [0.2, 0.25) is 0 Å². The number of hydrogen-bond acceptors (Lipinski definition) is 5. The van der Waals surface area contributed by atoms with Crippen LogP contribution in [0.1, 0.15) is 34.8 Å². The van der Waals surface area contributed by atoms with Gasteiger partial charge in [-0.1, -0.05) is 13.0 Å². The number of benzene rings is 1. The maximum atomic E-state index is 12.7. The number of carbonyl (C=O) groups excluding carboxylic acids is 1. The molecule has 0 saturated carbocycles. The summed E-state index contributed by atoms with van der Waals surface area (Å²) < 4.78 is 5.47. The molecule has 0 bridgehead atoms. The van der Waals surface area contributed by atoms with Gasteiger partial charge in [0.2, 0.25) is 5.88 Å². The molecule has 1 aromatic heterocycles. The number of piperazine rings is 1. The van der Waals surface area contributed by atoms with Crippen LogP contribution in [-0.2, 0) is 0 Å². The van der Waals surface area contributed by atoms with Crippen molar-refractivity contribution in [2.45, 2.75) is 27.2 Å². The SMILES string of the molecule is CCCOc1ccc(N2CCN(C(=O)c3ccc(C)c(C)c3)CC2)nn1. The van der Waals surface area contributed by atoms with Crippen LogP contribution in [0.5, 0.6) is 5.88 Å². The average Bonchev–Trinajstić information content (AvgIpc) is 2.68. The highest BCUT2D eigenvalue weighted by atomic mass is 16.5. The van der Waals surface area contributed by atoms with Gasteiger partial charge >= 0.3 is 0 Å². The molecule has 0 unspecified atom stereocenters. The van der Waals surface area contributed by atoms with E-state index in [0.29, 0.717) is 25.6 Å². The summed E-state index contributed by atoms with van der Waals surface area (Å²) in [5, 5.41) is 8.37. The van der Waals surface area contributed by atoms with Crippen LogP contribution < -0.4 is 9.64 Å². The van der Waals surface area contributed by atoms with E-state index in [1.54, 1.807) is 0 Å². The van der Waals surface area contributed by atoms with Crippen molar-refractivity contribution in [2.75, 3.05) is 37.7 Å². The third kappa shape index (κ3) is 4.12. The van der Waals surface area contributed by atoms with E-state index in [1.165, 1.54) is 5.56 Å². The van der Waals surface area contributed by atoms with Gasteiger partial charge in [0.15, 0.2) is 5.82 Å². The summed E-state index contributed by atoms with van der Waals surface area (Å²) in [4.78, 5) is 16.8. The minimum atomic E-state index is 0.0992. The molecule has 0 radical (unpaired) electrons. The van der Waals surface area contributed by atoms with Gasteiger partial charge in [0, 0.05) is 37.8 Å². The average molecular weight is 354 g/mol. The van der Waals surface area contributed by atoms with E-state index in [2.05, 4.69) is 28.9 Å². The molecule has 6 heteroatoms. The third-order valence-corrected chi connectivity index (χ3v) is 4.72. The molecule has 0 N–H and O–H groups in total. The summed E-state index contributed by atoms with van der Waals surface area (Å²) in [6, 6.07) is 9.68. The van der Waals surface area contributed by atoms with Crippen LogP contribution in [0.15, 0.2) is 30.3 Å². The Morgan fingerprint density at radius 2 is 1.81 bits per heavy atom. The summed E-state index contributed by atoms with van der Waals surface area (Å²) in [5.41, 5.74) is 3.12. The van der Waals surface area contributed by atoms with Crippen molar-refractivity contribution in [3.8, 4) is 5.88 Å². The molecule has 0 atom stereocenters. The topological polar surface area (TPSA) is 58.6 Å². The Bertz CT molecular complexity index is 753. The summed E-state index contributed by atoms with van der Waals surface area (Å²) in [6.45, 7) is 9.66. The largest absolute Gasteiger partial charge is 0.477 e. The Morgan fingerprint density at radius 1 is 1.04 bits per heavy atom. The quantitative estimate of drug-likeness (QED) is 0.826. The zero-order valence-corrected chi connectivity index (χ0v) is 15.7. The van der Waals surface area contributed by atoms with Crippen molar-refractivity contribution < 1.29 is 9.53 Å². The van der Waals surface area contributed by atoms with Gasteiger partial charge in [-0.05, 0) is 49.6 Å². The van der Waals surface area contributed by atoms with Crippen molar-refractivity contribution >= 4 is 11.7 Å². The van der Waals surface area contributed by atoms with Gasteiger partial charge in [0.25, 0.3) is 5.91 Å². The first-order valence-corrected chi connectivity index (χ1v) is 9.16. The monoisotopic (exact) mass is 354 g/mol. The molecule has 1 aromatic carbocycles. The normalized spacial score (nSPS) is 14.4. The highest BCUT2D eigenvalue weighted by Crippen LogP contribution is 2.17. The first-order chi connectivity index (χ1) is 12.6. The molecule has 0 aliphatic carbocycles. The summed E-state index contributed by atoms with van der Waals surface area (Å²) >= 11 is 0. The van der Waals surface area contributed by atoms with Crippen LogP contribution in [0.3, 0.4) is 0 Å². The number of aryl methyl sites for hydroxylation is 2. The molecule has 1 amide bonds. The van der Waals surface area contributed by atoms with Crippen molar-refractivity contribution in [1.82, 2.24) is 15.1 Å². The molecule has 138 valence electrons. The number of nitrogens with zero attached hydrogens (tertiary/aromatic N) is 4. The number of aromatic nitrogens is 2. The van der Waals surface area contributed by atoms with Crippen LogP contribution >= 0.6 is 0 Å². The molecule has 1 saturated heterocycles. The molecule has 2 heterocycles. The number of rotatable bonds is 5. The van der Waals surface area contributed by atoms with E-state index in [9.17, 15) is 4.79 Å². The lowest BCUT2D eigenvalue weighted by Crippen LogP contribution is -2.49. The second-order valence-corrected chi connectivity index (χ2v) is 6.66. The molecule has 6 nitrogen and oxygen atoms in total. The maximum Gasteiger partial charge on any atom is 0.253 e. The van der Waals surface area contributed by atoms with Crippen LogP contribution in [0.4, 0.5) is 5.82 Å². The second-order valence-electron chi connectivity index (χ2n) is 6.66. The van der Waals surface area contributed by atoms with Crippen molar-refractivity contribution in [3.63, 3.8) is 0 Å². The number of hydrogen-bond donors (Lipinski definition) is 0. The lowest BCUT2D eigenvalue weighted by molar-refractivity contribution is 0.0746. The van der Waals surface area contributed by atoms with Crippen LogP contribution in [0.25, 0.3) is 0 Å². The third-order valence-electron chi connectivity index (χ3n) is 4.72. The molecular weight excluding hydrogens is 328 g/mol. The van der Waals surface area contributed by atoms with Crippen LogP contribution in [-0.4, -0.2) is 53.8 Å². The van der Waals surface area contributed by atoms with Crippen molar-refractivity contribution in [2.24, 2.45) is 0 Å².